The quantitative estimate of drug-likeness (QED) is 0.626. The van der Waals surface area contributed by atoms with Crippen LogP contribution in [0.5, 0.6) is 11.5 Å². The van der Waals surface area contributed by atoms with E-state index >= 15 is 0 Å². The Labute approximate surface area is 179 Å². The van der Waals surface area contributed by atoms with Crippen LogP contribution in [0.25, 0.3) is 23.3 Å². The highest BCUT2D eigenvalue weighted by atomic mass is 32.2. The summed E-state index contributed by atoms with van der Waals surface area (Å²) in [4.78, 5) is 13.2. The van der Waals surface area contributed by atoms with E-state index in [-0.39, 0.29) is 17.1 Å². The molecular weight excluding hydrogens is 420 g/mol. The summed E-state index contributed by atoms with van der Waals surface area (Å²) in [5.74, 6) is -1.42. The summed E-state index contributed by atoms with van der Waals surface area (Å²) in [6.45, 7) is 4.00. The van der Waals surface area contributed by atoms with E-state index in [1.165, 1.54) is 10.6 Å². The van der Waals surface area contributed by atoms with E-state index in [9.17, 15) is 17.8 Å². The molecule has 0 aliphatic heterocycles. The average molecular weight is 439 g/mol. The molecular formula is C24H19F2NO3S. The van der Waals surface area contributed by atoms with Gasteiger partial charge >= 0.3 is 0 Å². The first-order valence-electron chi connectivity index (χ1n) is 9.44. The molecule has 2 aromatic carbocycles. The van der Waals surface area contributed by atoms with Crippen molar-refractivity contribution in [2.24, 2.45) is 7.05 Å². The molecule has 31 heavy (non-hydrogen) atoms. The Morgan fingerprint density at radius 3 is 2.52 bits per heavy atom. The van der Waals surface area contributed by atoms with E-state index in [1.54, 1.807) is 37.7 Å². The number of aromatic nitrogens is 1. The molecule has 0 amide bonds. The smallest absolute Gasteiger partial charge is 0.257 e. The van der Waals surface area contributed by atoms with Crippen molar-refractivity contribution < 1.29 is 17.7 Å². The van der Waals surface area contributed by atoms with Gasteiger partial charge < -0.3 is 9.30 Å². The van der Waals surface area contributed by atoms with Gasteiger partial charge in [0.1, 0.15) is 11.6 Å². The Bertz CT molecular complexity index is 1440. The lowest BCUT2D eigenvalue weighted by Gasteiger charge is -2.16. The largest absolute Gasteiger partial charge is 0.454 e. The monoisotopic (exact) mass is 439 g/mol. The van der Waals surface area contributed by atoms with Crippen molar-refractivity contribution in [3.8, 4) is 22.6 Å². The summed E-state index contributed by atoms with van der Waals surface area (Å²) in [6, 6.07) is 7.96. The van der Waals surface area contributed by atoms with Gasteiger partial charge in [0.2, 0.25) is 0 Å². The number of ether oxygens (including phenoxy) is 1. The third kappa shape index (κ3) is 4.01. The lowest BCUT2D eigenvalue weighted by atomic mass is 9.97. The van der Waals surface area contributed by atoms with Crippen molar-refractivity contribution in [1.82, 2.24) is 4.57 Å². The van der Waals surface area contributed by atoms with Gasteiger partial charge in [-0.2, -0.15) is 0 Å². The molecule has 0 saturated carbocycles. The first-order valence-corrected chi connectivity index (χ1v) is 11.0. The normalized spacial score (nSPS) is 13.7. The van der Waals surface area contributed by atoms with Crippen LogP contribution < -0.4 is 20.7 Å². The molecule has 4 nitrogen and oxygen atoms in total. The van der Waals surface area contributed by atoms with Gasteiger partial charge in [-0.3, -0.25) is 9.00 Å². The highest BCUT2D eigenvalue weighted by molar-refractivity contribution is 7.84. The second-order valence-electron chi connectivity index (χ2n) is 7.29. The molecule has 1 atom stereocenters. The van der Waals surface area contributed by atoms with Crippen LogP contribution >= 0.6 is 0 Å². The summed E-state index contributed by atoms with van der Waals surface area (Å²) in [5, 5.41) is 1.21. The van der Waals surface area contributed by atoms with Crippen molar-refractivity contribution in [2.45, 2.75) is 11.3 Å². The molecule has 1 unspecified atom stereocenters. The molecule has 158 valence electrons. The zero-order valence-electron chi connectivity index (χ0n) is 16.9. The highest BCUT2D eigenvalue weighted by Crippen LogP contribution is 2.34. The Morgan fingerprint density at radius 1 is 1.06 bits per heavy atom. The topological polar surface area (TPSA) is 48.3 Å². The fourth-order valence-corrected chi connectivity index (χ4v) is 4.04. The number of nitrogens with zero attached hydrogens (tertiary/aromatic N) is 1. The number of hydrogen-bond donors (Lipinski definition) is 0. The molecule has 4 rings (SSSR count). The number of benzene rings is 2. The van der Waals surface area contributed by atoms with E-state index < -0.39 is 22.4 Å². The van der Waals surface area contributed by atoms with Crippen LogP contribution in [0.1, 0.15) is 6.42 Å². The van der Waals surface area contributed by atoms with Crippen LogP contribution in [0.2, 0.25) is 0 Å². The van der Waals surface area contributed by atoms with E-state index in [2.05, 4.69) is 6.58 Å². The minimum Gasteiger partial charge on any atom is -0.454 e. The summed E-state index contributed by atoms with van der Waals surface area (Å²) in [5.41, 5.74) is 1.87. The molecule has 3 aromatic rings. The van der Waals surface area contributed by atoms with E-state index in [1.807, 2.05) is 12.2 Å². The molecule has 1 aliphatic rings. The lowest BCUT2D eigenvalue weighted by Crippen LogP contribution is -2.46. The van der Waals surface area contributed by atoms with Crippen molar-refractivity contribution in [3.63, 3.8) is 0 Å². The van der Waals surface area contributed by atoms with Crippen LogP contribution in [0.4, 0.5) is 8.78 Å². The number of hydrogen-bond acceptors (Lipinski definition) is 3. The molecule has 7 heteroatoms. The van der Waals surface area contributed by atoms with Crippen LogP contribution in [0.15, 0.2) is 64.4 Å². The first kappa shape index (κ1) is 20.9. The summed E-state index contributed by atoms with van der Waals surface area (Å²) in [7, 11) is 0.367. The van der Waals surface area contributed by atoms with Crippen LogP contribution in [0.3, 0.4) is 0 Å². The molecule has 1 heterocycles. The van der Waals surface area contributed by atoms with E-state index in [4.69, 9.17) is 4.74 Å². The van der Waals surface area contributed by atoms with Gasteiger partial charge in [-0.15, -0.1) is 0 Å². The number of halogens is 2. The fourth-order valence-electron chi connectivity index (χ4n) is 3.50. The standard InChI is InChI=1S/C24H19F2NO3S/c1-14-4-7-17-18(10-14)20(13-27(2)24(17)28)19-12-16(31(3)29)6-9-22(19)30-23-8-5-15(25)11-21(23)26/h5-13H,1,4H2,2-3H3. The fraction of sp³-hybridized carbons (Fsp3) is 0.125. The zero-order chi connectivity index (χ0) is 22.3. The predicted molar refractivity (Wildman–Crippen MR) is 118 cm³/mol. The van der Waals surface area contributed by atoms with Gasteiger partial charge in [0, 0.05) is 57.6 Å². The van der Waals surface area contributed by atoms with E-state index in [0.717, 1.165) is 17.7 Å². The van der Waals surface area contributed by atoms with Crippen LogP contribution in [0, 0.1) is 11.6 Å². The molecule has 0 spiro atoms. The maximum Gasteiger partial charge on any atom is 0.257 e. The number of fused-ring (bicyclic) bond motifs is 1. The Hall–Kier alpha value is -3.32. The number of rotatable bonds is 4. The Morgan fingerprint density at radius 2 is 1.81 bits per heavy atom. The molecule has 0 fully saturated rings. The van der Waals surface area contributed by atoms with Gasteiger partial charge in [-0.05, 0) is 42.0 Å². The third-order valence-corrected chi connectivity index (χ3v) is 5.98. The highest BCUT2D eigenvalue weighted by Gasteiger charge is 2.17. The van der Waals surface area contributed by atoms with E-state index in [0.29, 0.717) is 32.9 Å². The second-order valence-corrected chi connectivity index (χ2v) is 8.67. The van der Waals surface area contributed by atoms with Gasteiger partial charge in [0.05, 0.1) is 0 Å². The van der Waals surface area contributed by atoms with Gasteiger partial charge in [-0.25, -0.2) is 8.78 Å². The molecule has 1 aliphatic carbocycles. The Balaban J connectivity index is 2.01. The van der Waals surface area contributed by atoms with Crippen molar-refractivity contribution in [3.05, 3.63) is 87.2 Å². The number of allylic oxidation sites excluding steroid dienone is 1. The van der Waals surface area contributed by atoms with Crippen molar-refractivity contribution in [2.75, 3.05) is 6.26 Å². The first-order chi connectivity index (χ1) is 14.7. The Kier molecular flexibility index (Phi) is 5.45. The zero-order valence-corrected chi connectivity index (χ0v) is 17.8. The third-order valence-electron chi connectivity index (χ3n) is 5.06. The maximum atomic E-state index is 14.2. The van der Waals surface area contributed by atoms with Crippen molar-refractivity contribution >= 4 is 23.0 Å². The predicted octanol–water partition coefficient (Wildman–Crippen LogP) is 3.38. The minimum absolute atomic E-state index is 0.147. The molecule has 0 N–H and O–H groups in total. The minimum atomic E-state index is -1.28. The molecule has 0 radical (unpaired) electrons. The SMILES string of the molecule is C=C1C=c2c(-c3cc(S(C)=O)ccc3Oc3ccc(F)cc3F)cn(C)c(=O)c2=CC1. The number of pyridine rings is 1. The average Bonchev–Trinajstić information content (AvgIpc) is 2.73. The van der Waals surface area contributed by atoms with Crippen molar-refractivity contribution in [1.29, 1.82) is 0 Å². The summed E-state index contributed by atoms with van der Waals surface area (Å²) >= 11 is 0. The van der Waals surface area contributed by atoms with Crippen LogP contribution in [-0.4, -0.2) is 15.0 Å². The lowest BCUT2D eigenvalue weighted by molar-refractivity contribution is 0.438. The molecule has 0 saturated heterocycles. The summed E-state index contributed by atoms with van der Waals surface area (Å²) < 4.78 is 46.9. The maximum absolute atomic E-state index is 14.2. The number of aryl methyl sites for hydroxylation is 1. The summed E-state index contributed by atoms with van der Waals surface area (Å²) in [6.07, 6.45) is 7.44. The second kappa shape index (κ2) is 8.07. The van der Waals surface area contributed by atoms with Gasteiger partial charge in [-0.1, -0.05) is 24.3 Å². The van der Waals surface area contributed by atoms with Gasteiger partial charge in [0.15, 0.2) is 11.6 Å². The molecule has 0 bridgehead atoms. The molecule has 1 aromatic heterocycles. The van der Waals surface area contributed by atoms with Crippen LogP contribution in [-0.2, 0) is 17.8 Å². The van der Waals surface area contributed by atoms with Gasteiger partial charge in [0.25, 0.3) is 5.56 Å².